The SMILES string of the molecule is CC(C)c1nc(CSC2CCCCC2)nc2c1CCNC2. The lowest BCUT2D eigenvalue weighted by atomic mass is 9.97. The highest BCUT2D eigenvalue weighted by Gasteiger charge is 2.20. The molecule has 1 N–H and O–H groups in total. The third-order valence-corrected chi connectivity index (χ3v) is 5.93. The van der Waals surface area contributed by atoms with Crippen molar-refractivity contribution in [2.45, 2.75) is 75.8 Å². The van der Waals surface area contributed by atoms with Gasteiger partial charge in [-0.25, -0.2) is 9.97 Å². The molecule has 0 aromatic carbocycles. The Morgan fingerprint density at radius 3 is 2.76 bits per heavy atom. The van der Waals surface area contributed by atoms with Crippen molar-refractivity contribution in [1.82, 2.24) is 15.3 Å². The van der Waals surface area contributed by atoms with Crippen molar-refractivity contribution in [2.24, 2.45) is 0 Å². The van der Waals surface area contributed by atoms with Crippen LogP contribution in [0.15, 0.2) is 0 Å². The number of hydrogen-bond donors (Lipinski definition) is 1. The molecule has 116 valence electrons. The van der Waals surface area contributed by atoms with Gasteiger partial charge in [-0.3, -0.25) is 0 Å². The molecule has 1 aromatic heterocycles. The number of thioether (sulfide) groups is 1. The molecule has 4 heteroatoms. The fourth-order valence-electron chi connectivity index (χ4n) is 3.41. The first kappa shape index (κ1) is 15.3. The number of hydrogen-bond acceptors (Lipinski definition) is 4. The molecule has 0 atom stereocenters. The molecule has 2 heterocycles. The van der Waals surface area contributed by atoms with Gasteiger partial charge >= 0.3 is 0 Å². The highest BCUT2D eigenvalue weighted by molar-refractivity contribution is 7.99. The quantitative estimate of drug-likeness (QED) is 0.918. The Balaban J connectivity index is 1.73. The number of nitrogens with zero attached hydrogens (tertiary/aromatic N) is 2. The van der Waals surface area contributed by atoms with Gasteiger partial charge in [-0.1, -0.05) is 33.1 Å². The van der Waals surface area contributed by atoms with Crippen molar-refractivity contribution in [2.75, 3.05) is 6.54 Å². The molecule has 1 aromatic rings. The molecule has 1 aliphatic carbocycles. The van der Waals surface area contributed by atoms with Gasteiger partial charge in [0, 0.05) is 11.8 Å². The Bertz CT molecular complexity index is 481. The molecule has 0 bridgehead atoms. The van der Waals surface area contributed by atoms with Gasteiger partial charge in [0.1, 0.15) is 5.82 Å². The Hall–Kier alpha value is -0.610. The second-order valence-electron chi connectivity index (χ2n) is 6.60. The van der Waals surface area contributed by atoms with Crippen LogP contribution in [0.1, 0.15) is 74.6 Å². The Morgan fingerprint density at radius 1 is 1.19 bits per heavy atom. The number of fused-ring (bicyclic) bond motifs is 1. The van der Waals surface area contributed by atoms with E-state index in [-0.39, 0.29) is 0 Å². The molecule has 1 aliphatic heterocycles. The van der Waals surface area contributed by atoms with E-state index < -0.39 is 0 Å². The maximum Gasteiger partial charge on any atom is 0.138 e. The van der Waals surface area contributed by atoms with Crippen molar-refractivity contribution < 1.29 is 0 Å². The van der Waals surface area contributed by atoms with Gasteiger partial charge in [-0.05, 0) is 37.3 Å². The molecule has 0 saturated heterocycles. The summed E-state index contributed by atoms with van der Waals surface area (Å²) in [7, 11) is 0. The Morgan fingerprint density at radius 2 is 2.00 bits per heavy atom. The molecule has 2 aliphatic rings. The minimum atomic E-state index is 0.498. The maximum absolute atomic E-state index is 4.91. The van der Waals surface area contributed by atoms with Crippen LogP contribution in [0.3, 0.4) is 0 Å². The molecular weight excluding hydrogens is 278 g/mol. The first-order chi connectivity index (χ1) is 10.2. The minimum Gasteiger partial charge on any atom is -0.311 e. The standard InChI is InChI=1S/C17H27N3S/c1-12(2)17-14-8-9-18-10-15(14)19-16(20-17)11-21-13-6-4-3-5-7-13/h12-13,18H,3-11H2,1-2H3. The van der Waals surface area contributed by atoms with Gasteiger partial charge in [0.2, 0.25) is 0 Å². The van der Waals surface area contributed by atoms with Crippen LogP contribution in [-0.4, -0.2) is 21.8 Å². The fraction of sp³-hybridized carbons (Fsp3) is 0.765. The molecule has 0 radical (unpaired) electrons. The molecule has 1 fully saturated rings. The predicted molar refractivity (Wildman–Crippen MR) is 89.7 cm³/mol. The molecular formula is C17H27N3S. The zero-order chi connectivity index (χ0) is 14.7. The lowest BCUT2D eigenvalue weighted by Crippen LogP contribution is -2.27. The molecule has 0 unspecified atom stereocenters. The van der Waals surface area contributed by atoms with E-state index in [1.54, 1.807) is 0 Å². The highest BCUT2D eigenvalue weighted by Crippen LogP contribution is 2.31. The summed E-state index contributed by atoms with van der Waals surface area (Å²) in [6.07, 6.45) is 8.09. The van der Waals surface area contributed by atoms with Crippen LogP contribution in [0.2, 0.25) is 0 Å². The van der Waals surface area contributed by atoms with E-state index in [9.17, 15) is 0 Å². The van der Waals surface area contributed by atoms with Gasteiger partial charge in [-0.2, -0.15) is 11.8 Å². The summed E-state index contributed by atoms with van der Waals surface area (Å²) in [6.45, 7) is 6.48. The lowest BCUT2D eigenvalue weighted by Gasteiger charge is -2.23. The van der Waals surface area contributed by atoms with Gasteiger partial charge < -0.3 is 5.32 Å². The van der Waals surface area contributed by atoms with Crippen LogP contribution < -0.4 is 5.32 Å². The van der Waals surface area contributed by atoms with E-state index in [1.165, 1.54) is 49.1 Å². The molecule has 0 spiro atoms. The van der Waals surface area contributed by atoms with Crippen LogP contribution in [0.25, 0.3) is 0 Å². The fourth-order valence-corrected chi connectivity index (χ4v) is 4.59. The largest absolute Gasteiger partial charge is 0.311 e. The second-order valence-corrected chi connectivity index (χ2v) is 7.89. The smallest absolute Gasteiger partial charge is 0.138 e. The summed E-state index contributed by atoms with van der Waals surface area (Å²) < 4.78 is 0. The molecule has 21 heavy (non-hydrogen) atoms. The number of rotatable bonds is 4. The molecule has 1 saturated carbocycles. The van der Waals surface area contributed by atoms with Crippen molar-refractivity contribution >= 4 is 11.8 Å². The molecule has 3 rings (SSSR count). The summed E-state index contributed by atoms with van der Waals surface area (Å²) in [6, 6.07) is 0. The maximum atomic E-state index is 4.91. The van der Waals surface area contributed by atoms with Crippen molar-refractivity contribution in [3.8, 4) is 0 Å². The summed E-state index contributed by atoms with van der Waals surface area (Å²) in [5.74, 6) is 2.53. The summed E-state index contributed by atoms with van der Waals surface area (Å²) in [4.78, 5) is 9.76. The van der Waals surface area contributed by atoms with Crippen LogP contribution in [0.5, 0.6) is 0 Å². The minimum absolute atomic E-state index is 0.498. The van der Waals surface area contributed by atoms with Gasteiger partial charge in [0.05, 0.1) is 17.1 Å². The van der Waals surface area contributed by atoms with Crippen molar-refractivity contribution in [3.05, 3.63) is 22.8 Å². The van der Waals surface area contributed by atoms with Gasteiger partial charge in [0.25, 0.3) is 0 Å². The normalized spacial score (nSPS) is 19.8. The van der Waals surface area contributed by atoms with E-state index in [0.717, 1.165) is 36.3 Å². The lowest BCUT2D eigenvalue weighted by molar-refractivity contribution is 0.516. The first-order valence-electron chi connectivity index (χ1n) is 8.45. The summed E-state index contributed by atoms with van der Waals surface area (Å²) in [5.41, 5.74) is 3.95. The van der Waals surface area contributed by atoms with Crippen LogP contribution in [0, 0.1) is 0 Å². The molecule has 0 amide bonds. The van der Waals surface area contributed by atoms with Gasteiger partial charge in [-0.15, -0.1) is 0 Å². The zero-order valence-electron chi connectivity index (χ0n) is 13.3. The van der Waals surface area contributed by atoms with E-state index in [2.05, 4.69) is 30.9 Å². The van der Waals surface area contributed by atoms with Gasteiger partial charge in [0.15, 0.2) is 0 Å². The Kier molecular flexibility index (Phi) is 5.17. The van der Waals surface area contributed by atoms with E-state index >= 15 is 0 Å². The van der Waals surface area contributed by atoms with Crippen molar-refractivity contribution in [1.29, 1.82) is 0 Å². The number of aromatic nitrogens is 2. The third kappa shape index (κ3) is 3.78. The van der Waals surface area contributed by atoms with E-state index in [1.807, 2.05) is 0 Å². The highest BCUT2D eigenvalue weighted by atomic mass is 32.2. The predicted octanol–water partition coefficient (Wildman–Crippen LogP) is 3.81. The second kappa shape index (κ2) is 7.10. The summed E-state index contributed by atoms with van der Waals surface area (Å²) >= 11 is 2.08. The van der Waals surface area contributed by atoms with E-state index in [0.29, 0.717) is 5.92 Å². The third-order valence-electron chi connectivity index (χ3n) is 4.56. The van der Waals surface area contributed by atoms with Crippen LogP contribution >= 0.6 is 11.8 Å². The molecule has 3 nitrogen and oxygen atoms in total. The topological polar surface area (TPSA) is 37.8 Å². The van der Waals surface area contributed by atoms with Crippen LogP contribution in [-0.2, 0) is 18.7 Å². The zero-order valence-corrected chi connectivity index (χ0v) is 14.1. The average Bonchev–Trinajstić information content (AvgIpc) is 2.53. The monoisotopic (exact) mass is 305 g/mol. The van der Waals surface area contributed by atoms with Crippen molar-refractivity contribution in [3.63, 3.8) is 0 Å². The summed E-state index contributed by atoms with van der Waals surface area (Å²) in [5, 5.41) is 4.28. The van der Waals surface area contributed by atoms with Crippen LogP contribution in [0.4, 0.5) is 0 Å². The Labute approximate surface area is 132 Å². The first-order valence-corrected chi connectivity index (χ1v) is 9.50. The number of nitrogens with one attached hydrogen (secondary N) is 1. The average molecular weight is 305 g/mol. The van der Waals surface area contributed by atoms with E-state index in [4.69, 9.17) is 9.97 Å².